The summed E-state index contributed by atoms with van der Waals surface area (Å²) in [5.74, 6) is -0.682. The lowest BCUT2D eigenvalue weighted by Crippen LogP contribution is -2.37. The van der Waals surface area contributed by atoms with Crippen LogP contribution in [0.15, 0.2) is 59.8 Å². The zero-order chi connectivity index (χ0) is 17.6. The van der Waals surface area contributed by atoms with Crippen molar-refractivity contribution < 1.29 is 14.3 Å². The highest BCUT2D eigenvalue weighted by Crippen LogP contribution is 2.42. The fraction of sp³-hybridized carbons (Fsp3) is 0.200. The van der Waals surface area contributed by atoms with E-state index in [2.05, 4.69) is 0 Å². The molecule has 4 rings (SSSR count). The van der Waals surface area contributed by atoms with Crippen LogP contribution in [0.25, 0.3) is 0 Å². The van der Waals surface area contributed by atoms with Crippen LogP contribution in [0.4, 0.5) is 5.69 Å². The number of nitrogens with zero attached hydrogens (tertiary/aromatic N) is 1. The van der Waals surface area contributed by atoms with Gasteiger partial charge >= 0.3 is 5.97 Å². The molecule has 2 aromatic carbocycles. The van der Waals surface area contributed by atoms with Gasteiger partial charge in [-0.05, 0) is 42.3 Å². The van der Waals surface area contributed by atoms with E-state index >= 15 is 0 Å². The molecule has 0 aliphatic carbocycles. The Bertz CT molecular complexity index is 901. The Morgan fingerprint density at radius 1 is 1.12 bits per heavy atom. The van der Waals surface area contributed by atoms with Gasteiger partial charge < -0.3 is 4.74 Å². The van der Waals surface area contributed by atoms with E-state index < -0.39 is 0 Å². The Kier molecular flexibility index (Phi) is 3.85. The van der Waals surface area contributed by atoms with E-state index in [1.54, 1.807) is 17.0 Å². The summed E-state index contributed by atoms with van der Waals surface area (Å²) in [4.78, 5) is 26.9. The summed E-state index contributed by atoms with van der Waals surface area (Å²) < 4.78 is 5.27. The third kappa shape index (κ3) is 2.72. The van der Waals surface area contributed by atoms with Crippen LogP contribution in [0, 0.1) is 6.92 Å². The lowest BCUT2D eigenvalue weighted by Gasteiger charge is -2.32. The molecule has 0 saturated carbocycles. The molecular formula is C20H16ClNO3. The Hall–Kier alpha value is -2.59. The number of esters is 1. The SMILES string of the molecule is Cc1cccc(N2C(=O)C[C@@H](c3ccc(Cl)cc3)C3=C2COC3=O)c1. The molecule has 5 heteroatoms. The molecule has 0 saturated heterocycles. The van der Waals surface area contributed by atoms with Crippen LogP contribution in [0.3, 0.4) is 0 Å². The molecule has 0 bridgehead atoms. The van der Waals surface area contributed by atoms with Crippen LogP contribution >= 0.6 is 11.6 Å². The lowest BCUT2D eigenvalue weighted by atomic mass is 9.84. The number of aryl methyl sites for hydroxylation is 1. The van der Waals surface area contributed by atoms with Crippen molar-refractivity contribution in [3.05, 3.63) is 76.0 Å². The van der Waals surface area contributed by atoms with E-state index in [4.69, 9.17) is 16.3 Å². The van der Waals surface area contributed by atoms with Crippen molar-refractivity contribution in [3.63, 3.8) is 0 Å². The van der Waals surface area contributed by atoms with E-state index in [0.29, 0.717) is 16.3 Å². The second kappa shape index (κ2) is 6.05. The topological polar surface area (TPSA) is 46.6 Å². The Balaban J connectivity index is 1.83. The number of anilines is 1. The lowest BCUT2D eigenvalue weighted by molar-refractivity contribution is -0.136. The number of hydrogen-bond acceptors (Lipinski definition) is 3. The summed E-state index contributed by atoms with van der Waals surface area (Å²) in [6.45, 7) is 2.10. The predicted molar refractivity (Wildman–Crippen MR) is 95.5 cm³/mol. The van der Waals surface area contributed by atoms with Crippen molar-refractivity contribution in [2.45, 2.75) is 19.3 Å². The number of benzene rings is 2. The van der Waals surface area contributed by atoms with Gasteiger partial charge in [0, 0.05) is 23.0 Å². The maximum absolute atomic E-state index is 12.9. The number of carbonyl (C=O) groups is 2. The number of amides is 1. The van der Waals surface area contributed by atoms with Crippen LogP contribution in [-0.4, -0.2) is 18.5 Å². The Morgan fingerprint density at radius 2 is 1.88 bits per heavy atom. The zero-order valence-electron chi connectivity index (χ0n) is 13.7. The highest BCUT2D eigenvalue weighted by atomic mass is 35.5. The zero-order valence-corrected chi connectivity index (χ0v) is 14.4. The first-order chi connectivity index (χ1) is 12.0. The summed E-state index contributed by atoms with van der Waals surface area (Å²) in [6, 6.07) is 15.0. The van der Waals surface area contributed by atoms with Gasteiger partial charge in [-0.3, -0.25) is 9.69 Å². The standard InChI is InChI=1S/C20H16ClNO3/c1-12-3-2-4-15(9-12)22-17-11-25-20(24)19(17)16(10-18(22)23)13-5-7-14(21)8-6-13/h2-9,16H,10-11H2,1H3/t16-/m0/s1. The van der Waals surface area contributed by atoms with E-state index in [9.17, 15) is 9.59 Å². The van der Waals surface area contributed by atoms with Gasteiger partial charge in [0.2, 0.25) is 5.91 Å². The summed E-state index contributed by atoms with van der Waals surface area (Å²) in [7, 11) is 0. The molecule has 25 heavy (non-hydrogen) atoms. The molecule has 2 heterocycles. The molecule has 0 spiro atoms. The second-order valence-corrected chi connectivity index (χ2v) is 6.75. The van der Waals surface area contributed by atoms with Gasteiger partial charge in [-0.1, -0.05) is 35.9 Å². The van der Waals surface area contributed by atoms with Crippen molar-refractivity contribution in [1.29, 1.82) is 0 Å². The van der Waals surface area contributed by atoms with Crippen molar-refractivity contribution in [2.24, 2.45) is 0 Å². The minimum Gasteiger partial charge on any atom is -0.456 e. The van der Waals surface area contributed by atoms with Crippen LogP contribution in [0.1, 0.15) is 23.5 Å². The molecule has 2 aromatic rings. The molecule has 126 valence electrons. The van der Waals surface area contributed by atoms with Gasteiger partial charge in [0.25, 0.3) is 0 Å². The minimum absolute atomic E-state index is 0.0393. The number of rotatable bonds is 2. The first kappa shape index (κ1) is 15.9. The molecule has 2 aliphatic heterocycles. The summed E-state index contributed by atoms with van der Waals surface area (Å²) in [5.41, 5.74) is 3.94. The third-order valence-corrected chi connectivity index (χ3v) is 4.90. The summed E-state index contributed by atoms with van der Waals surface area (Å²) >= 11 is 5.96. The average molecular weight is 354 g/mol. The van der Waals surface area contributed by atoms with Gasteiger partial charge in [0.05, 0.1) is 11.3 Å². The molecule has 4 nitrogen and oxygen atoms in total. The highest BCUT2D eigenvalue weighted by Gasteiger charge is 2.42. The molecule has 2 aliphatic rings. The van der Waals surface area contributed by atoms with Crippen molar-refractivity contribution in [2.75, 3.05) is 11.5 Å². The maximum atomic E-state index is 12.9. The van der Waals surface area contributed by atoms with Crippen molar-refractivity contribution >= 4 is 29.2 Å². The molecular weight excluding hydrogens is 338 g/mol. The van der Waals surface area contributed by atoms with Gasteiger partial charge in [0.1, 0.15) is 6.61 Å². The number of carbonyl (C=O) groups excluding carboxylic acids is 2. The first-order valence-corrected chi connectivity index (χ1v) is 8.47. The van der Waals surface area contributed by atoms with Gasteiger partial charge in [-0.15, -0.1) is 0 Å². The third-order valence-electron chi connectivity index (χ3n) is 4.65. The molecule has 0 aromatic heterocycles. The maximum Gasteiger partial charge on any atom is 0.336 e. The molecule has 1 atom stereocenters. The summed E-state index contributed by atoms with van der Waals surface area (Å²) in [5, 5.41) is 0.621. The predicted octanol–water partition coefficient (Wildman–Crippen LogP) is 3.98. The van der Waals surface area contributed by atoms with E-state index in [-0.39, 0.29) is 30.8 Å². The van der Waals surface area contributed by atoms with Crippen molar-refractivity contribution in [3.8, 4) is 0 Å². The molecule has 0 unspecified atom stereocenters. The van der Waals surface area contributed by atoms with Gasteiger partial charge in [-0.25, -0.2) is 4.79 Å². The quantitative estimate of drug-likeness (QED) is 0.767. The van der Waals surface area contributed by atoms with Crippen LogP contribution in [-0.2, 0) is 14.3 Å². The van der Waals surface area contributed by atoms with Gasteiger partial charge in [0.15, 0.2) is 0 Å². The smallest absolute Gasteiger partial charge is 0.336 e. The normalized spacial score (nSPS) is 19.9. The van der Waals surface area contributed by atoms with Crippen LogP contribution < -0.4 is 4.90 Å². The number of ether oxygens (including phenoxy) is 1. The molecule has 1 amide bonds. The van der Waals surface area contributed by atoms with E-state index in [1.165, 1.54) is 0 Å². The minimum atomic E-state index is -0.347. The molecule has 0 fully saturated rings. The monoisotopic (exact) mass is 353 g/mol. The molecule has 0 N–H and O–H groups in total. The van der Waals surface area contributed by atoms with Gasteiger partial charge in [-0.2, -0.15) is 0 Å². The first-order valence-electron chi connectivity index (χ1n) is 8.10. The highest BCUT2D eigenvalue weighted by molar-refractivity contribution is 6.30. The fourth-order valence-corrected chi connectivity index (χ4v) is 3.63. The Morgan fingerprint density at radius 3 is 2.60 bits per heavy atom. The van der Waals surface area contributed by atoms with Crippen LogP contribution in [0.2, 0.25) is 5.02 Å². The average Bonchev–Trinajstić information content (AvgIpc) is 2.96. The number of cyclic esters (lactones) is 1. The number of halogens is 1. The second-order valence-electron chi connectivity index (χ2n) is 6.31. The fourth-order valence-electron chi connectivity index (χ4n) is 3.50. The molecule has 0 radical (unpaired) electrons. The van der Waals surface area contributed by atoms with Crippen molar-refractivity contribution in [1.82, 2.24) is 0 Å². The summed E-state index contributed by atoms with van der Waals surface area (Å²) in [6.07, 6.45) is 0.226. The largest absolute Gasteiger partial charge is 0.456 e. The Labute approximate surface area is 150 Å². The number of hydrogen-bond donors (Lipinski definition) is 0. The van der Waals surface area contributed by atoms with E-state index in [1.807, 2.05) is 43.3 Å². The van der Waals surface area contributed by atoms with E-state index in [0.717, 1.165) is 16.8 Å². The van der Waals surface area contributed by atoms with Crippen LogP contribution in [0.5, 0.6) is 0 Å².